The standard InChI is InChI=1S/C15H16ClN3S/c1-15(2,13-4-3-7-20-13)9-19-12-8-10(16)5-6-11(12)18-14(19)17/h3-8H,9H2,1-2H3,(H2,17,18). The number of fused-ring (bicyclic) bond motifs is 1. The molecule has 5 heteroatoms. The summed E-state index contributed by atoms with van der Waals surface area (Å²) in [6.45, 7) is 5.21. The Morgan fingerprint density at radius 1 is 1.35 bits per heavy atom. The topological polar surface area (TPSA) is 43.8 Å². The molecule has 3 nitrogen and oxygen atoms in total. The number of hydrogen-bond acceptors (Lipinski definition) is 3. The van der Waals surface area contributed by atoms with E-state index in [0.29, 0.717) is 11.0 Å². The van der Waals surface area contributed by atoms with Crippen LogP contribution in [0.4, 0.5) is 5.95 Å². The van der Waals surface area contributed by atoms with Gasteiger partial charge < -0.3 is 10.3 Å². The smallest absolute Gasteiger partial charge is 0.201 e. The largest absolute Gasteiger partial charge is 0.369 e. The first-order chi connectivity index (χ1) is 9.47. The number of benzene rings is 1. The third-order valence-electron chi connectivity index (χ3n) is 3.48. The molecular formula is C15H16ClN3S. The van der Waals surface area contributed by atoms with E-state index in [1.54, 1.807) is 11.3 Å². The van der Waals surface area contributed by atoms with Gasteiger partial charge in [0.05, 0.1) is 11.0 Å². The maximum atomic E-state index is 6.09. The maximum absolute atomic E-state index is 6.09. The fraction of sp³-hybridized carbons (Fsp3) is 0.267. The van der Waals surface area contributed by atoms with Crippen LogP contribution in [-0.2, 0) is 12.0 Å². The molecule has 0 bridgehead atoms. The van der Waals surface area contributed by atoms with E-state index in [0.717, 1.165) is 17.6 Å². The predicted octanol–water partition coefficient (Wildman–Crippen LogP) is 4.31. The zero-order chi connectivity index (χ0) is 14.3. The lowest BCUT2D eigenvalue weighted by Crippen LogP contribution is -2.24. The summed E-state index contributed by atoms with van der Waals surface area (Å²) < 4.78 is 2.04. The summed E-state index contributed by atoms with van der Waals surface area (Å²) in [6, 6.07) is 9.90. The molecule has 0 aliphatic heterocycles. The lowest BCUT2D eigenvalue weighted by atomic mass is 9.91. The van der Waals surface area contributed by atoms with Crippen LogP contribution in [-0.4, -0.2) is 9.55 Å². The Hall–Kier alpha value is -1.52. The van der Waals surface area contributed by atoms with E-state index in [-0.39, 0.29) is 5.41 Å². The normalized spacial score (nSPS) is 12.2. The lowest BCUT2D eigenvalue weighted by Gasteiger charge is -2.24. The van der Waals surface area contributed by atoms with Crippen LogP contribution in [0.25, 0.3) is 11.0 Å². The average Bonchev–Trinajstić information content (AvgIpc) is 3.00. The van der Waals surface area contributed by atoms with Crippen LogP contribution < -0.4 is 5.73 Å². The summed E-state index contributed by atoms with van der Waals surface area (Å²) in [6.07, 6.45) is 0. The number of nitrogen functional groups attached to an aromatic ring is 1. The highest BCUT2D eigenvalue weighted by molar-refractivity contribution is 7.10. The summed E-state index contributed by atoms with van der Waals surface area (Å²) in [5.41, 5.74) is 7.94. The van der Waals surface area contributed by atoms with Crippen molar-refractivity contribution in [3.63, 3.8) is 0 Å². The minimum Gasteiger partial charge on any atom is -0.369 e. The molecule has 0 unspecified atom stereocenters. The van der Waals surface area contributed by atoms with Gasteiger partial charge in [0.15, 0.2) is 0 Å². The van der Waals surface area contributed by atoms with Gasteiger partial charge >= 0.3 is 0 Å². The van der Waals surface area contributed by atoms with Crippen LogP contribution in [0.1, 0.15) is 18.7 Å². The molecule has 0 fully saturated rings. The van der Waals surface area contributed by atoms with Crippen LogP contribution in [0, 0.1) is 0 Å². The third kappa shape index (κ3) is 2.30. The van der Waals surface area contributed by atoms with Gasteiger partial charge in [0.25, 0.3) is 0 Å². The first kappa shape index (κ1) is 13.5. The van der Waals surface area contributed by atoms with Crippen molar-refractivity contribution in [1.82, 2.24) is 9.55 Å². The number of nitrogens with two attached hydrogens (primary N) is 1. The average molecular weight is 306 g/mol. The first-order valence-electron chi connectivity index (χ1n) is 6.43. The Labute approximate surface area is 127 Å². The van der Waals surface area contributed by atoms with Crippen LogP contribution >= 0.6 is 22.9 Å². The molecule has 0 saturated carbocycles. The predicted molar refractivity (Wildman–Crippen MR) is 86.5 cm³/mol. The Balaban J connectivity index is 2.06. The number of hydrogen-bond donors (Lipinski definition) is 1. The molecule has 0 atom stereocenters. The minimum absolute atomic E-state index is 0.00175. The minimum atomic E-state index is -0.00175. The Kier molecular flexibility index (Phi) is 3.22. The molecule has 2 N–H and O–H groups in total. The van der Waals surface area contributed by atoms with Crippen molar-refractivity contribution in [2.75, 3.05) is 5.73 Å². The fourth-order valence-electron chi connectivity index (χ4n) is 2.42. The van der Waals surface area contributed by atoms with E-state index in [1.165, 1.54) is 4.88 Å². The molecule has 3 aromatic rings. The number of anilines is 1. The molecule has 20 heavy (non-hydrogen) atoms. The van der Waals surface area contributed by atoms with Crippen molar-refractivity contribution in [3.05, 3.63) is 45.6 Å². The SMILES string of the molecule is CC(C)(Cn1c(N)nc2ccc(Cl)cc21)c1cccs1. The Morgan fingerprint density at radius 2 is 2.15 bits per heavy atom. The molecule has 0 radical (unpaired) electrons. The number of rotatable bonds is 3. The number of halogens is 1. The van der Waals surface area contributed by atoms with Gasteiger partial charge in [-0.25, -0.2) is 4.98 Å². The van der Waals surface area contributed by atoms with Crippen molar-refractivity contribution in [2.24, 2.45) is 0 Å². The Morgan fingerprint density at radius 3 is 2.85 bits per heavy atom. The van der Waals surface area contributed by atoms with Gasteiger partial charge in [0.2, 0.25) is 5.95 Å². The molecule has 0 amide bonds. The molecule has 0 saturated heterocycles. The number of thiophene rings is 1. The van der Waals surface area contributed by atoms with Gasteiger partial charge in [-0.05, 0) is 29.6 Å². The van der Waals surface area contributed by atoms with E-state index >= 15 is 0 Å². The van der Waals surface area contributed by atoms with E-state index in [2.05, 4.69) is 36.3 Å². The van der Waals surface area contributed by atoms with Gasteiger partial charge in [-0.15, -0.1) is 11.3 Å². The van der Waals surface area contributed by atoms with E-state index in [1.807, 2.05) is 22.8 Å². The van der Waals surface area contributed by atoms with Crippen LogP contribution in [0.2, 0.25) is 5.02 Å². The molecule has 2 heterocycles. The number of aromatic nitrogens is 2. The van der Waals surface area contributed by atoms with Crippen molar-refractivity contribution in [3.8, 4) is 0 Å². The van der Waals surface area contributed by atoms with E-state index in [9.17, 15) is 0 Å². The highest BCUT2D eigenvalue weighted by Crippen LogP contribution is 2.32. The van der Waals surface area contributed by atoms with Crippen molar-refractivity contribution >= 4 is 39.9 Å². The van der Waals surface area contributed by atoms with Crippen molar-refractivity contribution in [1.29, 1.82) is 0 Å². The monoisotopic (exact) mass is 305 g/mol. The molecule has 0 aliphatic carbocycles. The quantitative estimate of drug-likeness (QED) is 0.783. The van der Waals surface area contributed by atoms with E-state index in [4.69, 9.17) is 17.3 Å². The summed E-state index contributed by atoms with van der Waals surface area (Å²) >= 11 is 7.86. The highest BCUT2D eigenvalue weighted by atomic mass is 35.5. The van der Waals surface area contributed by atoms with Gasteiger partial charge in [-0.3, -0.25) is 0 Å². The van der Waals surface area contributed by atoms with E-state index < -0.39 is 0 Å². The number of nitrogens with zero attached hydrogens (tertiary/aromatic N) is 2. The molecule has 1 aromatic carbocycles. The zero-order valence-electron chi connectivity index (χ0n) is 11.4. The third-order valence-corrected chi connectivity index (χ3v) is 4.95. The van der Waals surface area contributed by atoms with Crippen LogP contribution in [0.15, 0.2) is 35.7 Å². The van der Waals surface area contributed by atoms with Gasteiger partial charge in [0.1, 0.15) is 0 Å². The Bertz CT molecular complexity index is 744. The molecule has 0 spiro atoms. The second-order valence-corrected chi connectivity index (χ2v) is 6.93. The molecular weight excluding hydrogens is 290 g/mol. The number of imidazole rings is 1. The van der Waals surface area contributed by atoms with Gasteiger partial charge in [-0.2, -0.15) is 0 Å². The molecule has 3 rings (SSSR count). The van der Waals surface area contributed by atoms with Gasteiger partial charge in [0, 0.05) is 21.9 Å². The lowest BCUT2D eigenvalue weighted by molar-refractivity contribution is 0.453. The van der Waals surface area contributed by atoms with Crippen molar-refractivity contribution in [2.45, 2.75) is 25.8 Å². The second-order valence-electron chi connectivity index (χ2n) is 5.55. The fourth-order valence-corrected chi connectivity index (χ4v) is 3.43. The second kappa shape index (κ2) is 4.79. The molecule has 2 aromatic heterocycles. The summed E-state index contributed by atoms with van der Waals surface area (Å²) in [5, 5.41) is 2.80. The van der Waals surface area contributed by atoms with Crippen LogP contribution in [0.5, 0.6) is 0 Å². The highest BCUT2D eigenvalue weighted by Gasteiger charge is 2.24. The molecule has 104 valence electrons. The van der Waals surface area contributed by atoms with Crippen molar-refractivity contribution < 1.29 is 0 Å². The van der Waals surface area contributed by atoms with Gasteiger partial charge in [-0.1, -0.05) is 31.5 Å². The summed E-state index contributed by atoms with van der Waals surface area (Å²) in [4.78, 5) is 5.74. The van der Waals surface area contributed by atoms with Crippen LogP contribution in [0.3, 0.4) is 0 Å². The maximum Gasteiger partial charge on any atom is 0.201 e. The molecule has 0 aliphatic rings. The first-order valence-corrected chi connectivity index (χ1v) is 7.68. The summed E-state index contributed by atoms with van der Waals surface area (Å²) in [7, 11) is 0. The summed E-state index contributed by atoms with van der Waals surface area (Å²) in [5.74, 6) is 0.534. The zero-order valence-corrected chi connectivity index (χ0v) is 13.0.